The molecule has 0 radical (unpaired) electrons. The third-order valence-corrected chi connectivity index (χ3v) is 5.43. The zero-order valence-electron chi connectivity index (χ0n) is 13.1. The first-order valence-corrected chi connectivity index (χ1v) is 9.09. The summed E-state index contributed by atoms with van der Waals surface area (Å²) in [5.41, 5.74) is -0.801. The number of benzene rings is 1. The second-order valence-corrected chi connectivity index (χ2v) is 7.46. The lowest BCUT2D eigenvalue weighted by Gasteiger charge is -2.24. The highest BCUT2D eigenvalue weighted by Gasteiger charge is 2.37. The van der Waals surface area contributed by atoms with E-state index in [0.717, 1.165) is 38.1 Å². The number of piperidine rings is 1. The van der Waals surface area contributed by atoms with Crippen LogP contribution in [-0.4, -0.2) is 51.0 Å². The van der Waals surface area contributed by atoms with E-state index in [0.29, 0.717) is 4.31 Å². The molecule has 2 amide bonds. The zero-order valence-corrected chi connectivity index (χ0v) is 13.9. The van der Waals surface area contributed by atoms with Crippen LogP contribution in [0.5, 0.6) is 5.75 Å². The van der Waals surface area contributed by atoms with E-state index in [1.54, 1.807) is 4.72 Å². The van der Waals surface area contributed by atoms with E-state index in [-0.39, 0.29) is 11.6 Å². The number of phenolic OH excluding ortho intramolecular Hbond substituents is 1. The van der Waals surface area contributed by atoms with Crippen LogP contribution in [0.25, 0.3) is 0 Å². The van der Waals surface area contributed by atoms with Crippen LogP contribution in [0.2, 0.25) is 0 Å². The van der Waals surface area contributed by atoms with Crippen molar-refractivity contribution in [2.75, 3.05) is 23.9 Å². The Morgan fingerprint density at radius 3 is 2.56 bits per heavy atom. The molecule has 0 spiro atoms. The molecule has 0 bridgehead atoms. The summed E-state index contributed by atoms with van der Waals surface area (Å²) in [7, 11) is -4.26. The molecule has 0 aromatic heterocycles. The zero-order chi connectivity index (χ0) is 18.2. The SMILES string of the molecule is O=C1CN(c2c(O)cc(C(=O)NC3CCNCC3)cc2F)S(=O)(=O)N1. The van der Waals surface area contributed by atoms with E-state index in [1.165, 1.54) is 0 Å². The van der Waals surface area contributed by atoms with Gasteiger partial charge in [-0.05, 0) is 38.1 Å². The fraction of sp³-hybridized carbons (Fsp3) is 0.429. The number of phenols is 1. The van der Waals surface area contributed by atoms with Crippen LogP contribution in [0.3, 0.4) is 0 Å². The predicted octanol–water partition coefficient (Wildman–Crippen LogP) is -0.806. The molecule has 2 fully saturated rings. The lowest BCUT2D eigenvalue weighted by molar-refractivity contribution is -0.117. The van der Waals surface area contributed by atoms with Crippen molar-refractivity contribution in [1.82, 2.24) is 15.4 Å². The minimum Gasteiger partial charge on any atom is -0.506 e. The fourth-order valence-electron chi connectivity index (χ4n) is 2.84. The monoisotopic (exact) mass is 372 g/mol. The number of anilines is 1. The Labute approximate surface area is 143 Å². The highest BCUT2D eigenvalue weighted by Crippen LogP contribution is 2.34. The van der Waals surface area contributed by atoms with Crippen molar-refractivity contribution in [1.29, 1.82) is 0 Å². The smallest absolute Gasteiger partial charge is 0.326 e. The van der Waals surface area contributed by atoms with Crippen LogP contribution in [0.4, 0.5) is 10.1 Å². The third-order valence-electron chi connectivity index (χ3n) is 4.05. The van der Waals surface area contributed by atoms with Gasteiger partial charge in [-0.25, -0.2) is 13.4 Å². The quantitative estimate of drug-likeness (QED) is 0.550. The summed E-state index contributed by atoms with van der Waals surface area (Å²) < 4.78 is 40.1. The maximum absolute atomic E-state index is 14.4. The van der Waals surface area contributed by atoms with E-state index < -0.39 is 45.8 Å². The van der Waals surface area contributed by atoms with Gasteiger partial charge in [-0.15, -0.1) is 0 Å². The Balaban J connectivity index is 1.85. The highest BCUT2D eigenvalue weighted by atomic mass is 32.2. The summed E-state index contributed by atoms with van der Waals surface area (Å²) >= 11 is 0. The lowest BCUT2D eigenvalue weighted by atomic mass is 10.1. The first-order valence-electron chi connectivity index (χ1n) is 7.65. The Hall–Kier alpha value is -2.40. The number of hydrogen-bond acceptors (Lipinski definition) is 6. The third kappa shape index (κ3) is 3.51. The molecular weight excluding hydrogens is 355 g/mol. The minimum atomic E-state index is -4.26. The number of carbonyl (C=O) groups is 2. The molecule has 0 saturated carbocycles. The van der Waals surface area contributed by atoms with Crippen molar-refractivity contribution in [3.63, 3.8) is 0 Å². The molecule has 136 valence electrons. The highest BCUT2D eigenvalue weighted by molar-refractivity contribution is 7.92. The van der Waals surface area contributed by atoms with Gasteiger partial charge in [-0.1, -0.05) is 0 Å². The minimum absolute atomic E-state index is 0.0561. The number of carbonyl (C=O) groups excluding carboxylic acids is 2. The van der Waals surface area contributed by atoms with Crippen molar-refractivity contribution in [3.05, 3.63) is 23.5 Å². The number of halogens is 1. The number of rotatable bonds is 3. The summed E-state index contributed by atoms with van der Waals surface area (Å²) in [4.78, 5) is 23.5. The van der Waals surface area contributed by atoms with E-state index >= 15 is 0 Å². The molecule has 2 saturated heterocycles. The predicted molar refractivity (Wildman–Crippen MR) is 85.8 cm³/mol. The molecule has 1 aromatic carbocycles. The van der Waals surface area contributed by atoms with Gasteiger partial charge >= 0.3 is 10.2 Å². The molecule has 2 aliphatic rings. The van der Waals surface area contributed by atoms with Gasteiger partial charge in [-0.3, -0.25) is 9.59 Å². The summed E-state index contributed by atoms with van der Waals surface area (Å²) in [6.45, 7) is 0.877. The number of amides is 2. The molecular formula is C14H17FN4O5S. The summed E-state index contributed by atoms with van der Waals surface area (Å²) in [5, 5.41) is 15.9. The van der Waals surface area contributed by atoms with Gasteiger partial charge in [0, 0.05) is 11.6 Å². The van der Waals surface area contributed by atoms with Gasteiger partial charge in [0.1, 0.15) is 18.0 Å². The maximum Gasteiger partial charge on any atom is 0.326 e. The number of aromatic hydroxyl groups is 1. The molecule has 0 unspecified atom stereocenters. The first kappa shape index (κ1) is 17.4. The molecule has 0 atom stereocenters. The van der Waals surface area contributed by atoms with E-state index in [2.05, 4.69) is 10.6 Å². The lowest BCUT2D eigenvalue weighted by Crippen LogP contribution is -2.42. The molecule has 11 heteroatoms. The van der Waals surface area contributed by atoms with E-state index in [1.807, 2.05) is 0 Å². The van der Waals surface area contributed by atoms with Crippen LogP contribution >= 0.6 is 0 Å². The summed E-state index contributed by atoms with van der Waals surface area (Å²) in [6.07, 6.45) is 1.47. The van der Waals surface area contributed by atoms with E-state index in [4.69, 9.17) is 0 Å². The normalized spacial score (nSPS) is 20.4. The van der Waals surface area contributed by atoms with Gasteiger partial charge in [0.15, 0.2) is 5.82 Å². The molecule has 2 heterocycles. The number of hydrogen-bond donors (Lipinski definition) is 4. The molecule has 25 heavy (non-hydrogen) atoms. The average Bonchev–Trinajstić information content (AvgIpc) is 2.80. The van der Waals surface area contributed by atoms with Crippen molar-refractivity contribution in [2.24, 2.45) is 0 Å². The van der Waals surface area contributed by atoms with Crippen LogP contribution < -0.4 is 19.7 Å². The topological polar surface area (TPSA) is 128 Å². The first-order chi connectivity index (χ1) is 11.8. The van der Waals surface area contributed by atoms with Crippen molar-refractivity contribution >= 4 is 27.7 Å². The van der Waals surface area contributed by atoms with Crippen LogP contribution in [-0.2, 0) is 15.0 Å². The Morgan fingerprint density at radius 1 is 1.32 bits per heavy atom. The second kappa shape index (κ2) is 6.48. The molecule has 2 aliphatic heterocycles. The average molecular weight is 372 g/mol. The Morgan fingerprint density at radius 2 is 2.00 bits per heavy atom. The van der Waals surface area contributed by atoms with Crippen molar-refractivity contribution < 1.29 is 27.5 Å². The largest absolute Gasteiger partial charge is 0.506 e. The number of nitrogens with one attached hydrogen (secondary N) is 3. The van der Waals surface area contributed by atoms with Gasteiger partial charge in [-0.2, -0.15) is 8.42 Å². The van der Waals surface area contributed by atoms with Gasteiger partial charge in [0.25, 0.3) is 11.8 Å². The van der Waals surface area contributed by atoms with Crippen LogP contribution in [0.1, 0.15) is 23.2 Å². The van der Waals surface area contributed by atoms with Crippen LogP contribution in [0.15, 0.2) is 12.1 Å². The molecule has 3 rings (SSSR count). The Bertz CT molecular complexity index is 800. The molecule has 0 aliphatic carbocycles. The summed E-state index contributed by atoms with van der Waals surface area (Å²) in [5.74, 6) is -3.26. The van der Waals surface area contributed by atoms with Gasteiger partial charge in [0.2, 0.25) is 0 Å². The van der Waals surface area contributed by atoms with Gasteiger partial charge < -0.3 is 15.7 Å². The maximum atomic E-state index is 14.4. The van der Waals surface area contributed by atoms with Crippen molar-refractivity contribution in [2.45, 2.75) is 18.9 Å². The second-order valence-electron chi connectivity index (χ2n) is 5.86. The number of nitrogens with zero attached hydrogens (tertiary/aromatic N) is 1. The van der Waals surface area contributed by atoms with Crippen LogP contribution in [0, 0.1) is 5.82 Å². The van der Waals surface area contributed by atoms with Crippen molar-refractivity contribution in [3.8, 4) is 5.75 Å². The van der Waals surface area contributed by atoms with Gasteiger partial charge in [0.05, 0.1) is 0 Å². The standard InChI is InChI=1S/C14H17FN4O5S/c15-10-5-8(14(22)17-9-1-3-16-4-2-9)6-11(20)13(10)19-7-12(21)18-25(19,23)24/h5-6,9,16,20H,1-4,7H2,(H,17,22)(H,18,21). The molecule has 9 nitrogen and oxygen atoms in total. The molecule has 1 aromatic rings. The molecule has 4 N–H and O–H groups in total. The van der Waals surface area contributed by atoms with E-state index in [9.17, 15) is 27.5 Å². The summed E-state index contributed by atoms with van der Waals surface area (Å²) in [6, 6.07) is 1.76. The Kier molecular flexibility index (Phi) is 4.52. The fourth-order valence-corrected chi connectivity index (χ4v) is 4.01.